The zero-order valence-electron chi connectivity index (χ0n) is 60.2. The largest absolute Gasteiger partial charge is 0.472 e. The Hall–Kier alpha value is -1.94. The van der Waals surface area contributed by atoms with E-state index < -0.39 is 97.5 Å². The summed E-state index contributed by atoms with van der Waals surface area (Å²) in [6.45, 7) is 14.1. The van der Waals surface area contributed by atoms with Crippen LogP contribution in [0.2, 0.25) is 0 Å². The van der Waals surface area contributed by atoms with Gasteiger partial charge in [-0.15, -0.1) is 0 Å². The fourth-order valence-corrected chi connectivity index (χ4v) is 12.5. The quantitative estimate of drug-likeness (QED) is 0.0222. The predicted molar refractivity (Wildman–Crippen MR) is 372 cm³/mol. The van der Waals surface area contributed by atoms with Gasteiger partial charge in [0.25, 0.3) is 0 Å². The summed E-state index contributed by atoms with van der Waals surface area (Å²) in [5.74, 6) is 0.886. The fraction of sp³-hybridized carbons (Fsp3) is 0.945. The summed E-state index contributed by atoms with van der Waals surface area (Å²) >= 11 is 0. The highest BCUT2D eigenvalue weighted by molar-refractivity contribution is 7.47. The van der Waals surface area contributed by atoms with Gasteiger partial charge in [-0.1, -0.05) is 312 Å². The Kier molecular flexibility index (Phi) is 61.3. The van der Waals surface area contributed by atoms with Crippen molar-refractivity contribution in [3.8, 4) is 0 Å². The molecule has 0 aromatic heterocycles. The Labute approximate surface area is 562 Å². The van der Waals surface area contributed by atoms with Crippen LogP contribution in [-0.2, 0) is 65.4 Å². The highest BCUT2D eigenvalue weighted by Crippen LogP contribution is 2.45. The van der Waals surface area contributed by atoms with Crippen molar-refractivity contribution in [2.24, 2.45) is 23.7 Å². The van der Waals surface area contributed by atoms with Gasteiger partial charge in [0.15, 0.2) is 12.2 Å². The van der Waals surface area contributed by atoms with E-state index in [1.165, 1.54) is 161 Å². The lowest BCUT2D eigenvalue weighted by molar-refractivity contribution is -0.161. The van der Waals surface area contributed by atoms with Crippen LogP contribution in [-0.4, -0.2) is 96.7 Å². The second-order valence-corrected chi connectivity index (χ2v) is 30.7. The number of unbranched alkanes of at least 4 members (excludes halogenated alkanes) is 34. The van der Waals surface area contributed by atoms with E-state index in [4.69, 9.17) is 37.0 Å². The number of phosphoric acid groups is 2. The van der Waals surface area contributed by atoms with E-state index in [-0.39, 0.29) is 25.7 Å². The van der Waals surface area contributed by atoms with Crippen LogP contribution in [0, 0.1) is 23.7 Å². The molecule has 546 valence electrons. The second kappa shape index (κ2) is 62.6. The number of esters is 4. The van der Waals surface area contributed by atoms with E-state index in [0.29, 0.717) is 25.7 Å². The molecule has 4 unspecified atom stereocenters. The molecule has 0 radical (unpaired) electrons. The molecule has 0 saturated heterocycles. The van der Waals surface area contributed by atoms with Gasteiger partial charge in [0.05, 0.1) is 26.4 Å². The molecule has 7 atom stereocenters. The summed E-state index contributed by atoms with van der Waals surface area (Å²) in [6.07, 6.45) is 46.0. The Morgan fingerprint density at radius 1 is 0.304 bits per heavy atom. The number of carbonyl (C=O) groups is 4. The summed E-state index contributed by atoms with van der Waals surface area (Å²) in [4.78, 5) is 72.6. The first-order chi connectivity index (χ1) is 44.2. The Balaban J connectivity index is 5.19. The summed E-state index contributed by atoms with van der Waals surface area (Å²) < 4.78 is 68.3. The number of hydrogen-bond donors (Lipinski definition) is 3. The van der Waals surface area contributed by atoms with E-state index in [1.807, 2.05) is 0 Å². The van der Waals surface area contributed by atoms with Crippen LogP contribution in [0.3, 0.4) is 0 Å². The first-order valence-corrected chi connectivity index (χ1v) is 40.8. The minimum Gasteiger partial charge on any atom is -0.462 e. The maximum absolute atomic E-state index is 13.0. The minimum atomic E-state index is -4.95. The Morgan fingerprint density at radius 3 is 0.772 bits per heavy atom. The third-order valence-corrected chi connectivity index (χ3v) is 19.4. The third-order valence-electron chi connectivity index (χ3n) is 17.5. The van der Waals surface area contributed by atoms with Gasteiger partial charge in [-0.3, -0.25) is 37.3 Å². The van der Waals surface area contributed by atoms with Crippen molar-refractivity contribution < 1.29 is 80.2 Å². The molecule has 0 saturated carbocycles. The fourth-order valence-electron chi connectivity index (χ4n) is 11.0. The normalized spacial score (nSPS) is 14.8. The zero-order chi connectivity index (χ0) is 68.2. The van der Waals surface area contributed by atoms with E-state index in [2.05, 4.69) is 55.4 Å². The number of aliphatic hydroxyl groups is 1. The van der Waals surface area contributed by atoms with Crippen molar-refractivity contribution in [2.45, 2.75) is 382 Å². The lowest BCUT2D eigenvalue weighted by Gasteiger charge is -2.21. The van der Waals surface area contributed by atoms with Crippen LogP contribution >= 0.6 is 15.6 Å². The molecule has 0 amide bonds. The monoisotopic (exact) mass is 1350 g/mol. The standard InChI is InChI=1S/C73H142O17P2/c1-9-65(7)51-43-35-29-31-38-46-54-71(76)84-60-68(89-72(77)55-47-39-28-24-20-19-22-26-34-42-50-64(5)6)61-87-91(79,80)85-57-67(74)58-86-92(81,82)88-62-69(90-73(78)56-48-40-32-30-36-44-52-66(8)10-2)59-83-70(75)53-45-37-27-23-18-16-14-12-11-13-15-17-21-25-33-41-49-63(3)4/h63-69,74H,9-62H2,1-8H3,(H,79,80)(H,81,82)/t65?,66?,67-,68+,69+/m0/s1. The second-order valence-electron chi connectivity index (χ2n) is 27.8. The van der Waals surface area contributed by atoms with Gasteiger partial charge in [0, 0.05) is 25.7 Å². The van der Waals surface area contributed by atoms with Crippen molar-refractivity contribution >= 4 is 39.5 Å². The number of aliphatic hydroxyl groups excluding tert-OH is 1. The molecular formula is C73H142O17P2. The zero-order valence-corrected chi connectivity index (χ0v) is 62.0. The van der Waals surface area contributed by atoms with Gasteiger partial charge >= 0.3 is 39.5 Å². The lowest BCUT2D eigenvalue weighted by Crippen LogP contribution is -2.30. The maximum atomic E-state index is 13.0. The van der Waals surface area contributed by atoms with Gasteiger partial charge < -0.3 is 33.8 Å². The highest BCUT2D eigenvalue weighted by Gasteiger charge is 2.30. The summed E-state index contributed by atoms with van der Waals surface area (Å²) in [5, 5.41) is 10.6. The molecule has 0 aliphatic heterocycles. The number of carbonyl (C=O) groups excluding carboxylic acids is 4. The molecule has 0 heterocycles. The van der Waals surface area contributed by atoms with Gasteiger partial charge in [-0.25, -0.2) is 9.13 Å². The molecule has 0 fully saturated rings. The first kappa shape index (κ1) is 90.1. The molecule has 19 heteroatoms. The number of hydrogen-bond acceptors (Lipinski definition) is 15. The van der Waals surface area contributed by atoms with Crippen molar-refractivity contribution in [3.63, 3.8) is 0 Å². The highest BCUT2D eigenvalue weighted by atomic mass is 31.2. The van der Waals surface area contributed by atoms with Crippen molar-refractivity contribution in [2.75, 3.05) is 39.6 Å². The summed E-state index contributed by atoms with van der Waals surface area (Å²) in [7, 11) is -9.91. The molecule has 92 heavy (non-hydrogen) atoms. The topological polar surface area (TPSA) is 237 Å². The van der Waals surface area contributed by atoms with E-state index in [9.17, 15) is 43.2 Å². The number of rotatable bonds is 70. The number of ether oxygens (including phenoxy) is 4. The van der Waals surface area contributed by atoms with E-state index in [1.54, 1.807) is 0 Å². The van der Waals surface area contributed by atoms with Crippen LogP contribution in [0.1, 0.15) is 364 Å². The molecule has 0 rings (SSSR count). The Bertz CT molecular complexity index is 1820. The SMILES string of the molecule is CCC(C)CCCCCCCCC(=O)OC[C@H](COP(=O)(O)OC[C@H](O)COP(=O)(O)OC[C@@H](COC(=O)CCCCCCCCCCCCCCCCCCC(C)C)OC(=O)CCCCCCCCC(C)CC)OC(=O)CCCCCCCCCCCCC(C)C. The number of phosphoric ester groups is 2. The smallest absolute Gasteiger partial charge is 0.462 e. The van der Waals surface area contributed by atoms with Crippen LogP contribution in [0.5, 0.6) is 0 Å². The molecule has 0 bridgehead atoms. The summed E-state index contributed by atoms with van der Waals surface area (Å²) in [5.41, 5.74) is 0. The minimum absolute atomic E-state index is 0.103. The van der Waals surface area contributed by atoms with Gasteiger partial charge in [-0.05, 0) is 49.4 Å². The summed E-state index contributed by atoms with van der Waals surface area (Å²) in [6, 6.07) is 0. The van der Waals surface area contributed by atoms with Gasteiger partial charge in [0.1, 0.15) is 19.3 Å². The Morgan fingerprint density at radius 2 is 0.522 bits per heavy atom. The van der Waals surface area contributed by atoms with Crippen LogP contribution in [0.25, 0.3) is 0 Å². The van der Waals surface area contributed by atoms with Crippen LogP contribution < -0.4 is 0 Å². The van der Waals surface area contributed by atoms with Crippen molar-refractivity contribution in [1.82, 2.24) is 0 Å². The first-order valence-electron chi connectivity index (χ1n) is 37.8. The third kappa shape index (κ3) is 64.1. The van der Waals surface area contributed by atoms with Crippen LogP contribution in [0.15, 0.2) is 0 Å². The van der Waals surface area contributed by atoms with E-state index >= 15 is 0 Å². The van der Waals surface area contributed by atoms with Crippen molar-refractivity contribution in [3.05, 3.63) is 0 Å². The van der Waals surface area contributed by atoms with Gasteiger partial charge in [-0.2, -0.15) is 0 Å². The average Bonchev–Trinajstić information content (AvgIpc) is 3.00. The molecule has 0 aliphatic carbocycles. The molecular weight excluding hydrogens is 1210 g/mol. The lowest BCUT2D eigenvalue weighted by atomic mass is 10.00. The molecule has 0 aliphatic rings. The molecule has 17 nitrogen and oxygen atoms in total. The van der Waals surface area contributed by atoms with Gasteiger partial charge in [0.2, 0.25) is 0 Å². The molecule has 0 spiro atoms. The molecule has 0 aromatic carbocycles. The van der Waals surface area contributed by atoms with Crippen molar-refractivity contribution in [1.29, 1.82) is 0 Å². The molecule has 0 aromatic rings. The van der Waals surface area contributed by atoms with E-state index in [0.717, 1.165) is 120 Å². The average molecular weight is 1350 g/mol. The predicted octanol–water partition coefficient (Wildman–Crippen LogP) is 20.9. The molecule has 3 N–H and O–H groups in total. The maximum Gasteiger partial charge on any atom is 0.472 e. The van der Waals surface area contributed by atoms with Crippen LogP contribution in [0.4, 0.5) is 0 Å².